The second kappa shape index (κ2) is 5.92. The molecule has 2 N–H and O–H groups in total. The molecule has 0 bridgehead atoms. The van der Waals surface area contributed by atoms with E-state index in [9.17, 15) is 4.79 Å². The summed E-state index contributed by atoms with van der Waals surface area (Å²) >= 11 is 3.43. The lowest BCUT2D eigenvalue weighted by Gasteiger charge is -2.36. The van der Waals surface area contributed by atoms with Crippen LogP contribution in [0.2, 0.25) is 0 Å². The van der Waals surface area contributed by atoms with E-state index in [1.807, 2.05) is 11.0 Å². The van der Waals surface area contributed by atoms with Crippen LogP contribution < -0.4 is 5.73 Å². The number of nitrogens with zero attached hydrogens (tertiary/aromatic N) is 2. The summed E-state index contributed by atoms with van der Waals surface area (Å²) in [6.45, 7) is 1.61. The van der Waals surface area contributed by atoms with Crippen molar-refractivity contribution in [3.8, 4) is 0 Å². The second-order valence-electron chi connectivity index (χ2n) is 5.25. The van der Waals surface area contributed by atoms with E-state index < -0.39 is 0 Å². The average Bonchev–Trinajstić information content (AvgIpc) is 2.41. The number of halogens is 1. The second-order valence-corrected chi connectivity index (χ2v) is 6.10. The Morgan fingerprint density at radius 1 is 1.47 bits per heavy atom. The lowest BCUT2D eigenvalue weighted by molar-refractivity contribution is 0.0634. The molecular formula is C14H20BrN3O. The van der Waals surface area contributed by atoms with Gasteiger partial charge in [0.2, 0.25) is 0 Å². The van der Waals surface area contributed by atoms with Crippen LogP contribution in [0, 0.1) is 0 Å². The summed E-state index contributed by atoms with van der Waals surface area (Å²) in [5.41, 5.74) is 7.04. The van der Waals surface area contributed by atoms with Crippen LogP contribution in [0.25, 0.3) is 0 Å². The minimum atomic E-state index is 0.0609. The molecule has 1 saturated heterocycles. The van der Waals surface area contributed by atoms with Crippen LogP contribution in [0.1, 0.15) is 23.2 Å². The number of likely N-dealkylation sites (tertiary alicyclic amines) is 1. The molecule has 0 aromatic heterocycles. The van der Waals surface area contributed by atoms with Crippen LogP contribution in [0.5, 0.6) is 0 Å². The Morgan fingerprint density at radius 3 is 2.89 bits per heavy atom. The molecule has 1 unspecified atom stereocenters. The van der Waals surface area contributed by atoms with Gasteiger partial charge in [0.1, 0.15) is 0 Å². The van der Waals surface area contributed by atoms with E-state index in [-0.39, 0.29) is 5.91 Å². The van der Waals surface area contributed by atoms with Gasteiger partial charge < -0.3 is 15.5 Å². The van der Waals surface area contributed by atoms with Gasteiger partial charge in [0.05, 0.1) is 5.56 Å². The molecular weight excluding hydrogens is 306 g/mol. The Labute approximate surface area is 122 Å². The fourth-order valence-corrected chi connectivity index (χ4v) is 2.85. The van der Waals surface area contributed by atoms with Crippen LogP contribution in [0.4, 0.5) is 5.69 Å². The molecule has 0 aliphatic carbocycles. The van der Waals surface area contributed by atoms with Gasteiger partial charge >= 0.3 is 0 Å². The predicted octanol–water partition coefficient (Wildman–Crippen LogP) is 2.20. The molecule has 19 heavy (non-hydrogen) atoms. The normalized spacial score (nSPS) is 19.8. The Kier molecular flexibility index (Phi) is 4.47. The van der Waals surface area contributed by atoms with E-state index >= 15 is 0 Å². The van der Waals surface area contributed by atoms with Gasteiger partial charge in [-0.3, -0.25) is 4.79 Å². The molecule has 0 spiro atoms. The van der Waals surface area contributed by atoms with Crippen molar-refractivity contribution in [3.63, 3.8) is 0 Å². The number of carbonyl (C=O) groups excluding carboxylic acids is 1. The molecule has 5 heteroatoms. The van der Waals surface area contributed by atoms with Gasteiger partial charge in [-0.2, -0.15) is 0 Å². The number of likely N-dealkylation sites (N-methyl/N-ethyl adjacent to an activating group) is 1. The molecule has 1 aliphatic rings. The minimum Gasteiger partial charge on any atom is -0.399 e. The summed E-state index contributed by atoms with van der Waals surface area (Å²) in [4.78, 5) is 16.7. The predicted molar refractivity (Wildman–Crippen MR) is 81.2 cm³/mol. The first-order valence-corrected chi connectivity index (χ1v) is 7.29. The first-order chi connectivity index (χ1) is 8.99. The SMILES string of the molecule is CN(C)C1CCCN(C(=O)c2cc(N)ccc2Br)C1. The van der Waals surface area contributed by atoms with Gasteiger partial charge in [-0.1, -0.05) is 0 Å². The smallest absolute Gasteiger partial charge is 0.255 e. The number of piperidine rings is 1. The summed E-state index contributed by atoms with van der Waals surface area (Å²) < 4.78 is 0.804. The van der Waals surface area contributed by atoms with E-state index in [4.69, 9.17) is 5.73 Å². The van der Waals surface area contributed by atoms with Crippen LogP contribution >= 0.6 is 15.9 Å². The third-order valence-corrected chi connectivity index (χ3v) is 4.33. The zero-order valence-corrected chi connectivity index (χ0v) is 13.0. The van der Waals surface area contributed by atoms with Crippen molar-refractivity contribution in [1.29, 1.82) is 0 Å². The Hall–Kier alpha value is -1.07. The molecule has 2 rings (SSSR count). The standard InChI is InChI=1S/C14H20BrN3O/c1-17(2)11-4-3-7-18(9-11)14(19)12-8-10(16)5-6-13(12)15/h5-6,8,11H,3-4,7,9,16H2,1-2H3. The molecule has 1 aliphatic heterocycles. The molecule has 1 heterocycles. The fourth-order valence-electron chi connectivity index (χ4n) is 2.44. The highest BCUT2D eigenvalue weighted by atomic mass is 79.9. The van der Waals surface area contributed by atoms with Gasteiger partial charge in [0, 0.05) is 29.3 Å². The van der Waals surface area contributed by atoms with Gasteiger partial charge in [-0.05, 0) is 61.1 Å². The Morgan fingerprint density at radius 2 is 2.21 bits per heavy atom. The van der Waals surface area contributed by atoms with Crippen molar-refractivity contribution in [2.24, 2.45) is 0 Å². The van der Waals surface area contributed by atoms with Crippen molar-refractivity contribution >= 4 is 27.5 Å². The molecule has 1 aromatic carbocycles. The van der Waals surface area contributed by atoms with Crippen LogP contribution in [0.3, 0.4) is 0 Å². The zero-order chi connectivity index (χ0) is 14.0. The first kappa shape index (κ1) is 14.3. The summed E-state index contributed by atoms with van der Waals surface area (Å²) in [7, 11) is 4.13. The van der Waals surface area contributed by atoms with Gasteiger partial charge in [-0.25, -0.2) is 0 Å². The molecule has 1 atom stereocenters. The first-order valence-electron chi connectivity index (χ1n) is 6.50. The number of rotatable bonds is 2. The average molecular weight is 326 g/mol. The molecule has 1 aromatic rings. The van der Waals surface area contributed by atoms with E-state index in [2.05, 4.69) is 34.9 Å². The van der Waals surface area contributed by atoms with Crippen LogP contribution in [-0.2, 0) is 0 Å². The maximum atomic E-state index is 12.6. The molecule has 104 valence electrons. The van der Waals surface area contributed by atoms with Crippen molar-refractivity contribution in [3.05, 3.63) is 28.2 Å². The number of carbonyl (C=O) groups is 1. The molecule has 1 amide bonds. The van der Waals surface area contributed by atoms with Crippen molar-refractivity contribution in [1.82, 2.24) is 9.80 Å². The third-order valence-electron chi connectivity index (χ3n) is 3.63. The summed E-state index contributed by atoms with van der Waals surface area (Å²) in [5.74, 6) is 0.0609. The maximum Gasteiger partial charge on any atom is 0.255 e. The minimum absolute atomic E-state index is 0.0609. The van der Waals surface area contributed by atoms with E-state index in [0.717, 1.165) is 30.4 Å². The highest BCUT2D eigenvalue weighted by molar-refractivity contribution is 9.10. The maximum absolute atomic E-state index is 12.6. The largest absolute Gasteiger partial charge is 0.399 e. The van der Waals surface area contributed by atoms with E-state index in [1.165, 1.54) is 0 Å². The van der Waals surface area contributed by atoms with Crippen molar-refractivity contribution in [2.45, 2.75) is 18.9 Å². The van der Waals surface area contributed by atoms with Crippen molar-refractivity contribution in [2.75, 3.05) is 32.9 Å². The summed E-state index contributed by atoms with van der Waals surface area (Å²) in [6.07, 6.45) is 2.20. The van der Waals surface area contributed by atoms with E-state index in [0.29, 0.717) is 17.3 Å². The number of amides is 1. The van der Waals surface area contributed by atoms with Crippen LogP contribution in [0.15, 0.2) is 22.7 Å². The number of benzene rings is 1. The number of hydrogen-bond donors (Lipinski definition) is 1. The van der Waals surface area contributed by atoms with Gasteiger partial charge in [0.25, 0.3) is 5.91 Å². The topological polar surface area (TPSA) is 49.6 Å². The fraction of sp³-hybridized carbons (Fsp3) is 0.500. The molecule has 4 nitrogen and oxygen atoms in total. The number of nitrogens with two attached hydrogens (primary N) is 1. The molecule has 0 radical (unpaired) electrons. The lowest BCUT2D eigenvalue weighted by atomic mass is 10.0. The summed E-state index contributed by atoms with van der Waals surface area (Å²) in [6, 6.07) is 5.80. The monoisotopic (exact) mass is 325 g/mol. The van der Waals surface area contributed by atoms with Gasteiger partial charge in [0.15, 0.2) is 0 Å². The summed E-state index contributed by atoms with van der Waals surface area (Å²) in [5, 5.41) is 0. The third kappa shape index (κ3) is 3.28. The molecule has 1 fully saturated rings. The van der Waals surface area contributed by atoms with Crippen LogP contribution in [-0.4, -0.2) is 48.9 Å². The quantitative estimate of drug-likeness (QED) is 0.848. The highest BCUT2D eigenvalue weighted by Crippen LogP contribution is 2.23. The lowest BCUT2D eigenvalue weighted by Crippen LogP contribution is -2.47. The Balaban J connectivity index is 2.17. The highest BCUT2D eigenvalue weighted by Gasteiger charge is 2.26. The van der Waals surface area contributed by atoms with Crippen molar-refractivity contribution < 1.29 is 4.79 Å². The van der Waals surface area contributed by atoms with Gasteiger partial charge in [-0.15, -0.1) is 0 Å². The number of hydrogen-bond acceptors (Lipinski definition) is 3. The zero-order valence-electron chi connectivity index (χ0n) is 11.4. The number of nitrogen functional groups attached to an aromatic ring is 1. The number of anilines is 1. The molecule has 0 saturated carbocycles. The Bertz CT molecular complexity index is 476. The van der Waals surface area contributed by atoms with E-state index in [1.54, 1.807) is 12.1 Å².